The molecule has 1 saturated heterocycles. The van der Waals surface area contributed by atoms with Crippen molar-refractivity contribution in [3.63, 3.8) is 0 Å². The predicted molar refractivity (Wildman–Crippen MR) is 80.3 cm³/mol. The topological polar surface area (TPSA) is 136 Å². The lowest BCUT2D eigenvalue weighted by molar-refractivity contribution is -0.162. The molecule has 1 aliphatic carbocycles. The fraction of sp³-hybridized carbons (Fsp3) is 0.571. The first kappa shape index (κ1) is 16.8. The van der Waals surface area contributed by atoms with E-state index in [9.17, 15) is 24.3 Å². The summed E-state index contributed by atoms with van der Waals surface area (Å²) in [5, 5.41) is 9.11. The van der Waals surface area contributed by atoms with Gasteiger partial charge < -0.3 is 20.3 Å². The molecule has 2 aliphatic heterocycles. The number of carbonyl (C=O) groups excluding carboxylic acids is 3. The summed E-state index contributed by atoms with van der Waals surface area (Å²) in [6.07, 6.45) is 0.0950. The number of thioether (sulfide) groups is 1. The number of fused-ring (bicyclic) bond motifs is 1. The summed E-state index contributed by atoms with van der Waals surface area (Å²) in [4.78, 5) is 49.0. The van der Waals surface area contributed by atoms with Gasteiger partial charge in [-0.1, -0.05) is 0 Å². The quantitative estimate of drug-likeness (QED) is 0.366. The summed E-state index contributed by atoms with van der Waals surface area (Å²) in [5.74, 6) is -3.70. The van der Waals surface area contributed by atoms with Gasteiger partial charge in [-0.15, -0.1) is 11.8 Å². The maximum atomic E-state index is 12.1. The molecule has 9 nitrogen and oxygen atoms in total. The van der Waals surface area contributed by atoms with Crippen molar-refractivity contribution in [1.29, 1.82) is 0 Å². The molecule has 3 atom stereocenters. The first-order valence-electron chi connectivity index (χ1n) is 7.14. The summed E-state index contributed by atoms with van der Waals surface area (Å²) in [6, 6.07) is -0.740. The summed E-state index contributed by atoms with van der Waals surface area (Å²) >= 11 is 1.32. The molecule has 2 heterocycles. The molecule has 130 valence electrons. The van der Waals surface area contributed by atoms with Crippen LogP contribution in [0.1, 0.15) is 6.42 Å². The van der Waals surface area contributed by atoms with E-state index in [2.05, 4.69) is 0 Å². The SMILES string of the molecule is COC(=O)C1(C(=O)OC)CC1C1=C(C(=O)O)N2C(=O)[C@@H](N)[C@H]2SC1. The number of aliphatic carboxylic acids is 1. The largest absolute Gasteiger partial charge is 0.477 e. The second-order valence-electron chi connectivity index (χ2n) is 5.83. The number of nitrogens with zero attached hydrogens (tertiary/aromatic N) is 1. The Bertz CT molecular complexity index is 673. The zero-order valence-corrected chi connectivity index (χ0v) is 13.8. The molecule has 1 unspecified atom stereocenters. The van der Waals surface area contributed by atoms with Crippen molar-refractivity contribution in [3.05, 3.63) is 11.3 Å². The van der Waals surface area contributed by atoms with Gasteiger partial charge in [0, 0.05) is 11.7 Å². The van der Waals surface area contributed by atoms with Gasteiger partial charge >= 0.3 is 17.9 Å². The molecule has 3 rings (SSSR count). The number of β-lactam (4-membered cyclic amide) rings is 1. The Labute approximate surface area is 141 Å². The van der Waals surface area contributed by atoms with E-state index < -0.39 is 46.6 Å². The second-order valence-corrected chi connectivity index (χ2v) is 6.93. The van der Waals surface area contributed by atoms with Crippen LogP contribution in [0.15, 0.2) is 11.3 Å². The lowest BCUT2D eigenvalue weighted by atomic mass is 9.96. The maximum absolute atomic E-state index is 12.1. The Kier molecular flexibility index (Phi) is 3.83. The summed E-state index contributed by atoms with van der Waals surface area (Å²) < 4.78 is 9.40. The Morgan fingerprint density at radius 1 is 1.29 bits per heavy atom. The van der Waals surface area contributed by atoms with Gasteiger partial charge in [-0.2, -0.15) is 0 Å². The Morgan fingerprint density at radius 2 is 1.88 bits per heavy atom. The monoisotopic (exact) mass is 356 g/mol. The number of ether oxygens (including phenoxy) is 2. The van der Waals surface area contributed by atoms with Gasteiger partial charge in [0.1, 0.15) is 17.1 Å². The molecule has 0 bridgehead atoms. The Balaban J connectivity index is 2.02. The summed E-state index contributed by atoms with van der Waals surface area (Å²) in [7, 11) is 2.30. The third-order valence-electron chi connectivity index (χ3n) is 4.72. The number of hydrogen-bond acceptors (Lipinski definition) is 8. The van der Waals surface area contributed by atoms with Crippen LogP contribution in [0.2, 0.25) is 0 Å². The van der Waals surface area contributed by atoms with Crippen molar-refractivity contribution in [2.24, 2.45) is 17.1 Å². The van der Waals surface area contributed by atoms with Crippen LogP contribution >= 0.6 is 11.8 Å². The van der Waals surface area contributed by atoms with Crippen molar-refractivity contribution in [2.45, 2.75) is 17.8 Å². The van der Waals surface area contributed by atoms with Crippen molar-refractivity contribution < 1.29 is 33.8 Å². The molecule has 10 heteroatoms. The lowest BCUT2D eigenvalue weighted by Gasteiger charge is -2.48. The van der Waals surface area contributed by atoms with Crippen molar-refractivity contribution in [1.82, 2.24) is 4.90 Å². The number of carbonyl (C=O) groups is 4. The number of carboxylic acids is 1. The van der Waals surface area contributed by atoms with Gasteiger partial charge in [0.15, 0.2) is 5.41 Å². The number of amides is 1. The van der Waals surface area contributed by atoms with E-state index in [0.717, 1.165) is 19.1 Å². The number of nitrogens with two attached hydrogens (primary N) is 1. The van der Waals surface area contributed by atoms with Gasteiger partial charge in [0.2, 0.25) is 5.91 Å². The van der Waals surface area contributed by atoms with Gasteiger partial charge in [-0.05, 0) is 12.0 Å². The normalized spacial score (nSPS) is 30.2. The van der Waals surface area contributed by atoms with Crippen LogP contribution in [0, 0.1) is 11.3 Å². The number of methoxy groups -OCH3 is 2. The molecule has 1 saturated carbocycles. The first-order valence-corrected chi connectivity index (χ1v) is 8.19. The number of esters is 2. The van der Waals surface area contributed by atoms with E-state index in [1.807, 2.05) is 0 Å². The molecule has 0 radical (unpaired) electrons. The van der Waals surface area contributed by atoms with E-state index in [0.29, 0.717) is 5.57 Å². The van der Waals surface area contributed by atoms with Crippen LogP contribution in [-0.2, 0) is 28.7 Å². The highest BCUT2D eigenvalue weighted by atomic mass is 32.2. The molecule has 0 spiro atoms. The van der Waals surface area contributed by atoms with E-state index in [1.54, 1.807) is 0 Å². The summed E-state index contributed by atoms with van der Waals surface area (Å²) in [5.41, 5.74) is 4.33. The highest BCUT2D eigenvalue weighted by Gasteiger charge is 2.70. The van der Waals surface area contributed by atoms with Crippen molar-refractivity contribution >= 4 is 35.6 Å². The molecule has 2 fully saturated rings. The molecule has 0 aromatic rings. The van der Waals surface area contributed by atoms with Crippen LogP contribution in [0.5, 0.6) is 0 Å². The lowest BCUT2D eigenvalue weighted by Crippen LogP contribution is -2.68. The Morgan fingerprint density at radius 3 is 2.38 bits per heavy atom. The predicted octanol–water partition coefficient (Wildman–Crippen LogP) is -1.08. The third-order valence-corrected chi connectivity index (χ3v) is 6.05. The zero-order valence-electron chi connectivity index (χ0n) is 13.0. The Hall–Kier alpha value is -2.07. The number of rotatable bonds is 4. The number of carboxylic acid groups (broad SMARTS) is 1. The highest BCUT2D eigenvalue weighted by Crippen LogP contribution is 2.60. The van der Waals surface area contributed by atoms with Gasteiger partial charge in [-0.3, -0.25) is 19.3 Å². The molecular weight excluding hydrogens is 340 g/mol. The first-order chi connectivity index (χ1) is 11.3. The fourth-order valence-corrected chi connectivity index (χ4v) is 4.76. The maximum Gasteiger partial charge on any atom is 0.352 e. The van der Waals surface area contributed by atoms with Crippen LogP contribution < -0.4 is 5.73 Å². The average Bonchev–Trinajstić information content (AvgIpc) is 3.34. The van der Waals surface area contributed by atoms with Gasteiger partial charge in [0.25, 0.3) is 0 Å². The molecule has 24 heavy (non-hydrogen) atoms. The van der Waals surface area contributed by atoms with E-state index in [1.165, 1.54) is 11.8 Å². The van der Waals surface area contributed by atoms with E-state index in [4.69, 9.17) is 15.2 Å². The van der Waals surface area contributed by atoms with Gasteiger partial charge in [-0.25, -0.2) is 4.79 Å². The van der Waals surface area contributed by atoms with Crippen LogP contribution in [0.4, 0.5) is 0 Å². The minimum Gasteiger partial charge on any atom is -0.477 e. The molecule has 0 aromatic carbocycles. The van der Waals surface area contributed by atoms with E-state index >= 15 is 0 Å². The van der Waals surface area contributed by atoms with Crippen molar-refractivity contribution in [2.75, 3.05) is 20.0 Å². The highest BCUT2D eigenvalue weighted by molar-refractivity contribution is 8.00. The standard InChI is InChI=1S/C14H16N2O7S/c1-22-12(20)14(13(21)23-2)3-6(14)5-4-24-10-7(15)9(17)16(10)8(5)11(18)19/h6-7,10H,3-4,15H2,1-2H3,(H,18,19)/t6?,7-,10-/m1/s1. The van der Waals surface area contributed by atoms with Gasteiger partial charge in [0.05, 0.1) is 14.2 Å². The average molecular weight is 356 g/mol. The van der Waals surface area contributed by atoms with Crippen LogP contribution in [-0.4, -0.2) is 65.2 Å². The van der Waals surface area contributed by atoms with Crippen LogP contribution in [0.25, 0.3) is 0 Å². The zero-order chi connectivity index (χ0) is 17.8. The van der Waals surface area contributed by atoms with E-state index in [-0.39, 0.29) is 17.9 Å². The molecular formula is C14H16N2O7S. The molecule has 3 aliphatic rings. The molecule has 3 N–H and O–H groups in total. The summed E-state index contributed by atoms with van der Waals surface area (Å²) in [6.45, 7) is 0. The van der Waals surface area contributed by atoms with Crippen molar-refractivity contribution in [3.8, 4) is 0 Å². The molecule has 1 amide bonds. The smallest absolute Gasteiger partial charge is 0.352 e. The number of hydrogen-bond donors (Lipinski definition) is 2. The molecule has 0 aromatic heterocycles. The minimum absolute atomic E-state index is 0.0950. The fourth-order valence-electron chi connectivity index (χ4n) is 3.39. The minimum atomic E-state index is -1.54. The second kappa shape index (κ2) is 5.49. The van der Waals surface area contributed by atoms with Crippen LogP contribution in [0.3, 0.4) is 0 Å². The third kappa shape index (κ3) is 1.99.